The molecule has 0 saturated heterocycles. The molecular formula is C126H94N6O3. The first-order valence-corrected chi connectivity index (χ1v) is 46.8. The van der Waals surface area contributed by atoms with Gasteiger partial charge in [0.1, 0.15) is 0 Å². The largest absolute Gasteiger partial charge is 0.453 e. The standard InChI is InChI=1S/C45H33NO.C42H30N4O.C39H31NO/c1-45(2)38-21-13-12-20-37(38)43-39(45)23-25-42-44(43)46(36-18-10-5-11-19-36)40-29-32(22-24-41(40)47-42)35-27-33(30-14-6-3-7-15-30)26-34(28-35)31-16-8-4-9-17-31;1-42(2)32-21-13-12-20-31(32)37-33(42)23-25-36-38(37)46(30-18-10-5-11-19-30)34-26-29(22-24-35(34)47-36)41-44-39(27-14-6-3-7-15-27)43-40(45-41)28-16-8-4-9-17-28;1-3-39(4-2)32-17-11-10-16-31(32)37-33(39)21-23-36-38(37)40(30-14-6-5-7-15-30)34-25-29(20-22-35(34)41-36)28-19-18-26-12-8-9-13-27(26)24-28/h3-29H,1-2H3;3-26H,1-2H3;5-25H,3-4H2,1-2H3. The maximum Gasteiger partial charge on any atom is 0.164 e. The Labute approximate surface area is 787 Å². The van der Waals surface area contributed by atoms with Crippen LogP contribution in [0.2, 0.25) is 0 Å². The summed E-state index contributed by atoms with van der Waals surface area (Å²) in [5.41, 5.74) is 37.2. The van der Waals surface area contributed by atoms with Crippen LogP contribution in [0.15, 0.2) is 437 Å². The third-order valence-electron chi connectivity index (χ3n) is 28.4. The summed E-state index contributed by atoms with van der Waals surface area (Å²) in [7, 11) is 0. The SMILES string of the molecule is CC1(C)c2ccccc2-c2c1ccc1c2N(c2ccccc2)c2cc(-c3cc(-c4ccccc4)cc(-c4ccccc4)c3)ccc2O1.CC1(C)c2ccccc2-c2c1ccc1c2N(c2ccccc2)c2cc(-c3nc(-c4ccccc4)nc(-c4ccccc4)n3)ccc2O1.CCC1(CC)c2ccccc2-c2c1ccc1c2N(c2ccccc2)c2cc(-c3ccc4ccccc4c3)ccc2O1. The lowest BCUT2D eigenvalue weighted by Gasteiger charge is -2.36. The lowest BCUT2D eigenvalue weighted by molar-refractivity contribution is 0.473. The van der Waals surface area contributed by atoms with Gasteiger partial charge in [0.15, 0.2) is 52.0 Å². The molecule has 3 aliphatic heterocycles. The predicted molar refractivity (Wildman–Crippen MR) is 554 cm³/mol. The molecule has 1 aromatic heterocycles. The molecule has 0 bridgehead atoms. The van der Waals surface area contributed by atoms with Gasteiger partial charge in [-0.3, -0.25) is 0 Å². The summed E-state index contributed by atoms with van der Waals surface area (Å²) in [6.07, 6.45) is 2.11. The molecule has 0 unspecified atom stereocenters. The fourth-order valence-corrected chi connectivity index (χ4v) is 21.7. The van der Waals surface area contributed by atoms with Gasteiger partial charge in [0.25, 0.3) is 0 Å². The van der Waals surface area contributed by atoms with Gasteiger partial charge in [0.05, 0.1) is 34.1 Å². The number of anilines is 9. The first kappa shape index (κ1) is 81.5. The molecule has 26 rings (SSSR count). The van der Waals surface area contributed by atoms with Crippen LogP contribution in [0.4, 0.5) is 51.2 Å². The van der Waals surface area contributed by atoms with Crippen LogP contribution in [0.25, 0.3) is 123 Å². The second kappa shape index (κ2) is 33.0. The first-order valence-electron chi connectivity index (χ1n) is 46.8. The second-order valence-electron chi connectivity index (χ2n) is 36.7. The van der Waals surface area contributed by atoms with Crippen molar-refractivity contribution < 1.29 is 14.2 Å². The van der Waals surface area contributed by atoms with E-state index in [0.29, 0.717) is 17.5 Å². The third kappa shape index (κ3) is 13.8. The number of benzene rings is 19. The average molecular weight is 1740 g/mol. The van der Waals surface area contributed by atoms with E-state index in [0.717, 1.165) is 126 Å². The number of rotatable bonds is 12. The van der Waals surface area contributed by atoms with E-state index in [1.807, 2.05) is 72.8 Å². The zero-order valence-electron chi connectivity index (χ0n) is 75.9. The molecule has 646 valence electrons. The fourth-order valence-electron chi connectivity index (χ4n) is 21.7. The summed E-state index contributed by atoms with van der Waals surface area (Å²) in [4.78, 5) is 22.1. The van der Waals surface area contributed by atoms with Gasteiger partial charge >= 0.3 is 0 Å². The van der Waals surface area contributed by atoms with E-state index >= 15 is 0 Å². The van der Waals surface area contributed by atoms with Crippen LogP contribution in [-0.4, -0.2) is 15.0 Å². The van der Waals surface area contributed by atoms with Crippen molar-refractivity contribution in [2.75, 3.05) is 14.7 Å². The molecule has 0 amide bonds. The van der Waals surface area contributed by atoms with E-state index in [-0.39, 0.29) is 16.2 Å². The van der Waals surface area contributed by atoms with E-state index in [2.05, 4.69) is 420 Å². The van der Waals surface area contributed by atoms with E-state index < -0.39 is 0 Å². The topological polar surface area (TPSA) is 76.1 Å². The van der Waals surface area contributed by atoms with Crippen LogP contribution < -0.4 is 28.9 Å². The number of hydrogen-bond acceptors (Lipinski definition) is 9. The minimum absolute atomic E-state index is 0.00344. The van der Waals surface area contributed by atoms with Gasteiger partial charge in [0.2, 0.25) is 0 Å². The third-order valence-corrected chi connectivity index (χ3v) is 28.4. The Hall–Kier alpha value is -16.8. The smallest absolute Gasteiger partial charge is 0.164 e. The maximum absolute atomic E-state index is 6.77. The highest BCUT2D eigenvalue weighted by molar-refractivity contribution is 6.05. The van der Waals surface area contributed by atoms with Crippen LogP contribution in [0, 0.1) is 0 Å². The summed E-state index contributed by atoms with van der Waals surface area (Å²) in [6, 6.07) is 155. The number of nitrogens with zero attached hydrogens (tertiary/aromatic N) is 6. The summed E-state index contributed by atoms with van der Waals surface area (Å²) in [5, 5.41) is 2.50. The predicted octanol–water partition coefficient (Wildman–Crippen LogP) is 34.5. The Bertz CT molecular complexity index is 7600. The first-order chi connectivity index (χ1) is 66.3. The van der Waals surface area contributed by atoms with E-state index in [9.17, 15) is 0 Å². The van der Waals surface area contributed by atoms with Gasteiger partial charge in [-0.1, -0.05) is 357 Å². The Kier molecular flexibility index (Phi) is 19.9. The fraction of sp³-hybridized carbons (Fsp3) is 0.0873. The highest BCUT2D eigenvalue weighted by Crippen LogP contribution is 2.66. The lowest BCUT2D eigenvalue weighted by atomic mass is 9.74. The number of para-hydroxylation sites is 3. The summed E-state index contributed by atoms with van der Waals surface area (Å²) < 4.78 is 20.2. The molecule has 0 radical (unpaired) electrons. The van der Waals surface area contributed by atoms with Crippen molar-refractivity contribution in [1.82, 2.24) is 15.0 Å². The van der Waals surface area contributed by atoms with Gasteiger partial charge in [-0.05, 0) is 240 Å². The molecule has 9 nitrogen and oxygen atoms in total. The Morgan fingerprint density at radius 2 is 0.504 bits per heavy atom. The van der Waals surface area contributed by atoms with Crippen LogP contribution in [0.1, 0.15) is 87.8 Å². The van der Waals surface area contributed by atoms with Crippen molar-refractivity contribution in [1.29, 1.82) is 0 Å². The molecule has 6 aliphatic rings. The van der Waals surface area contributed by atoms with Crippen LogP contribution >= 0.6 is 0 Å². The second-order valence-corrected chi connectivity index (χ2v) is 36.7. The van der Waals surface area contributed by atoms with Crippen molar-refractivity contribution in [3.05, 3.63) is 470 Å². The van der Waals surface area contributed by atoms with E-state index in [4.69, 9.17) is 29.2 Å². The van der Waals surface area contributed by atoms with Gasteiger partial charge in [-0.2, -0.15) is 0 Å². The summed E-state index contributed by atoms with van der Waals surface area (Å²) in [5.74, 6) is 6.95. The van der Waals surface area contributed by atoms with E-state index in [1.54, 1.807) is 0 Å². The van der Waals surface area contributed by atoms with Gasteiger partial charge < -0.3 is 28.9 Å². The molecule has 3 aliphatic carbocycles. The Morgan fingerprint density at radius 1 is 0.215 bits per heavy atom. The molecular weight excluding hydrogens is 1650 g/mol. The number of fused-ring (bicyclic) bond motifs is 19. The Balaban J connectivity index is 0.000000111. The van der Waals surface area contributed by atoms with Crippen LogP contribution in [0.3, 0.4) is 0 Å². The zero-order valence-corrected chi connectivity index (χ0v) is 75.9. The van der Waals surface area contributed by atoms with Crippen LogP contribution in [0.5, 0.6) is 34.5 Å². The monoisotopic (exact) mass is 1740 g/mol. The average Bonchev–Trinajstić information content (AvgIpc) is 1.57. The summed E-state index contributed by atoms with van der Waals surface area (Å²) in [6.45, 7) is 13.9. The molecule has 19 aromatic carbocycles. The van der Waals surface area contributed by atoms with Gasteiger partial charge in [-0.25, -0.2) is 15.0 Å². The highest BCUT2D eigenvalue weighted by atomic mass is 16.5. The zero-order chi connectivity index (χ0) is 90.6. The molecule has 0 saturated carbocycles. The number of hydrogen-bond donors (Lipinski definition) is 0. The van der Waals surface area contributed by atoms with Crippen molar-refractivity contribution in [2.24, 2.45) is 0 Å². The molecule has 0 atom stereocenters. The van der Waals surface area contributed by atoms with Gasteiger partial charge in [-0.15, -0.1) is 0 Å². The molecule has 0 fully saturated rings. The molecule has 135 heavy (non-hydrogen) atoms. The molecule has 9 heteroatoms. The molecule has 0 spiro atoms. The van der Waals surface area contributed by atoms with Crippen LogP contribution in [-0.2, 0) is 16.2 Å². The molecule has 0 N–H and O–H groups in total. The minimum atomic E-state index is -0.141. The van der Waals surface area contributed by atoms with Crippen molar-refractivity contribution in [2.45, 2.75) is 70.6 Å². The quantitative estimate of drug-likeness (QED) is 0.119. The Morgan fingerprint density at radius 3 is 0.919 bits per heavy atom. The number of aromatic nitrogens is 3. The molecule has 4 heterocycles. The number of ether oxygens (including phenoxy) is 3. The van der Waals surface area contributed by atoms with Crippen molar-refractivity contribution >= 4 is 62.0 Å². The maximum atomic E-state index is 6.77. The van der Waals surface area contributed by atoms with Crippen molar-refractivity contribution in [3.8, 4) is 147 Å². The minimum Gasteiger partial charge on any atom is -0.453 e. The lowest BCUT2D eigenvalue weighted by Crippen LogP contribution is -2.23. The molecule has 20 aromatic rings. The van der Waals surface area contributed by atoms with Crippen molar-refractivity contribution in [3.63, 3.8) is 0 Å². The van der Waals surface area contributed by atoms with Gasteiger partial charge in [0, 0.05) is 66.7 Å². The highest BCUT2D eigenvalue weighted by Gasteiger charge is 2.47. The summed E-state index contributed by atoms with van der Waals surface area (Å²) >= 11 is 0. The van der Waals surface area contributed by atoms with E-state index in [1.165, 1.54) is 111 Å². The normalized spacial score (nSPS) is 13.8.